The van der Waals surface area contributed by atoms with Crippen molar-refractivity contribution in [3.63, 3.8) is 0 Å². The third kappa shape index (κ3) is 3.45. The normalized spacial score (nSPS) is 20.7. The Hall–Kier alpha value is -3.32. The summed E-state index contributed by atoms with van der Waals surface area (Å²) < 4.78 is 0. The predicted molar refractivity (Wildman–Crippen MR) is 111 cm³/mol. The van der Waals surface area contributed by atoms with Gasteiger partial charge in [0.25, 0.3) is 0 Å². The van der Waals surface area contributed by atoms with E-state index in [1.54, 1.807) is 55.6 Å². The number of hydrogen-bond donors (Lipinski definition) is 1. The Morgan fingerprint density at radius 1 is 1.03 bits per heavy atom. The Kier molecular flexibility index (Phi) is 4.98. The largest absolute Gasteiger partial charge is 0.351 e. The van der Waals surface area contributed by atoms with E-state index < -0.39 is 12.1 Å². The molecule has 4 rings (SSSR count). The maximum atomic E-state index is 13.2. The molecule has 2 aromatic carbocycles. The maximum Gasteiger partial charge on any atom is 0.318 e. The number of hydrogen-bond acceptors (Lipinski definition) is 5. The van der Waals surface area contributed by atoms with E-state index in [1.165, 1.54) is 4.90 Å². The molecule has 1 heterocycles. The standard InChI is InChI=1S/C22H22N4O3/c1-25(22(23)29)15-10-8-14(9-11-15)24-18-19(26-12-4-5-13-26)21(28)17-7-3-2-6-16(17)20(18)27/h2-3,6-11,19H,4-5,12-13H2,1H3,(H2,23,29). The number of carbonyl (C=O) groups excluding carboxylic acids is 3. The maximum absolute atomic E-state index is 13.2. The molecule has 2 N–H and O–H groups in total. The minimum Gasteiger partial charge on any atom is -0.351 e. The fourth-order valence-electron chi connectivity index (χ4n) is 3.90. The zero-order valence-electron chi connectivity index (χ0n) is 16.2. The van der Waals surface area contributed by atoms with Crippen molar-refractivity contribution in [3.8, 4) is 0 Å². The van der Waals surface area contributed by atoms with E-state index in [-0.39, 0.29) is 17.3 Å². The number of primary amides is 1. The highest BCUT2D eigenvalue weighted by Crippen LogP contribution is 2.28. The molecule has 148 valence electrons. The number of nitrogens with zero attached hydrogens (tertiary/aromatic N) is 3. The number of urea groups is 1. The SMILES string of the molecule is CN(C(N)=O)c1ccc(N=C2C(=O)c3ccccc3C(=O)C2N2CCCC2)cc1. The number of Topliss-reactive ketones (excluding diaryl/α,β-unsaturated/α-hetero) is 2. The number of nitrogens with two attached hydrogens (primary N) is 1. The van der Waals surface area contributed by atoms with E-state index in [4.69, 9.17) is 5.73 Å². The van der Waals surface area contributed by atoms with Gasteiger partial charge >= 0.3 is 6.03 Å². The Balaban J connectivity index is 1.76. The summed E-state index contributed by atoms with van der Waals surface area (Å²) in [5, 5.41) is 0. The quantitative estimate of drug-likeness (QED) is 0.872. The second kappa shape index (κ2) is 7.60. The van der Waals surface area contributed by atoms with Gasteiger partial charge in [-0.25, -0.2) is 9.79 Å². The third-order valence-electron chi connectivity index (χ3n) is 5.50. The number of anilines is 1. The lowest BCUT2D eigenvalue weighted by Crippen LogP contribution is -2.51. The van der Waals surface area contributed by atoms with Crippen LogP contribution in [-0.2, 0) is 0 Å². The van der Waals surface area contributed by atoms with Crippen LogP contribution in [-0.4, -0.2) is 54.4 Å². The Morgan fingerprint density at radius 2 is 1.66 bits per heavy atom. The molecule has 1 fully saturated rings. The Bertz CT molecular complexity index is 1010. The lowest BCUT2D eigenvalue weighted by molar-refractivity contribution is 0.0873. The molecule has 7 nitrogen and oxygen atoms in total. The monoisotopic (exact) mass is 390 g/mol. The highest BCUT2D eigenvalue weighted by atomic mass is 16.2. The van der Waals surface area contributed by atoms with E-state index in [2.05, 4.69) is 4.99 Å². The predicted octanol–water partition coefficient (Wildman–Crippen LogP) is 2.82. The summed E-state index contributed by atoms with van der Waals surface area (Å²) in [7, 11) is 1.58. The van der Waals surface area contributed by atoms with Crippen LogP contribution < -0.4 is 10.6 Å². The van der Waals surface area contributed by atoms with E-state index in [0.29, 0.717) is 22.5 Å². The minimum atomic E-state index is -0.659. The van der Waals surface area contributed by atoms with Gasteiger partial charge in [0.1, 0.15) is 11.8 Å². The summed E-state index contributed by atoms with van der Waals surface area (Å²) in [6.07, 6.45) is 2.00. The van der Waals surface area contributed by atoms with Crippen molar-refractivity contribution in [3.05, 3.63) is 59.7 Å². The summed E-state index contributed by atoms with van der Waals surface area (Å²) in [5.74, 6) is -0.290. The highest BCUT2D eigenvalue weighted by molar-refractivity contribution is 6.55. The molecule has 1 unspecified atom stereocenters. The lowest BCUT2D eigenvalue weighted by Gasteiger charge is -2.31. The van der Waals surface area contributed by atoms with Crippen LogP contribution in [0.5, 0.6) is 0 Å². The van der Waals surface area contributed by atoms with Crippen molar-refractivity contribution < 1.29 is 14.4 Å². The first kappa shape index (κ1) is 19.0. The minimum absolute atomic E-state index is 0.0778. The molecule has 1 atom stereocenters. The number of carbonyl (C=O) groups is 3. The van der Waals surface area contributed by atoms with Gasteiger partial charge in [0.2, 0.25) is 5.78 Å². The highest BCUT2D eigenvalue weighted by Gasteiger charge is 2.42. The van der Waals surface area contributed by atoms with E-state index in [0.717, 1.165) is 25.9 Å². The van der Waals surface area contributed by atoms with Crippen molar-refractivity contribution >= 4 is 34.7 Å². The van der Waals surface area contributed by atoms with Crippen LogP contribution >= 0.6 is 0 Å². The van der Waals surface area contributed by atoms with Crippen molar-refractivity contribution in [1.82, 2.24) is 4.90 Å². The summed E-state index contributed by atoms with van der Waals surface area (Å²) in [5.41, 5.74) is 7.58. The van der Waals surface area contributed by atoms with Crippen molar-refractivity contribution in [2.75, 3.05) is 25.0 Å². The topological polar surface area (TPSA) is 96.1 Å². The molecule has 2 aliphatic rings. The molecule has 0 bridgehead atoms. The molecule has 2 amide bonds. The van der Waals surface area contributed by atoms with Crippen LogP contribution in [0.2, 0.25) is 0 Å². The number of ketones is 2. The molecular weight excluding hydrogens is 368 g/mol. The van der Waals surface area contributed by atoms with Crippen LogP contribution in [0.15, 0.2) is 53.5 Å². The number of rotatable bonds is 3. The van der Waals surface area contributed by atoms with Crippen LogP contribution in [0.1, 0.15) is 33.6 Å². The Labute approximate surface area is 168 Å². The number of likely N-dealkylation sites (tertiary alicyclic amines) is 1. The summed E-state index contributed by atoms with van der Waals surface area (Å²) >= 11 is 0. The average Bonchev–Trinajstić information content (AvgIpc) is 3.26. The molecule has 2 aromatic rings. The Morgan fingerprint density at radius 3 is 2.28 bits per heavy atom. The molecule has 0 radical (unpaired) electrons. The molecule has 7 heteroatoms. The van der Waals surface area contributed by atoms with Gasteiger partial charge in [-0.3, -0.25) is 19.4 Å². The van der Waals surface area contributed by atoms with Crippen LogP contribution in [0, 0.1) is 0 Å². The van der Waals surface area contributed by atoms with E-state index >= 15 is 0 Å². The second-order valence-electron chi connectivity index (χ2n) is 7.30. The molecule has 1 aliphatic carbocycles. The smallest absolute Gasteiger partial charge is 0.318 e. The number of aliphatic imine (C=N–C) groups is 1. The first-order valence-corrected chi connectivity index (χ1v) is 9.61. The van der Waals surface area contributed by atoms with Gasteiger partial charge in [-0.05, 0) is 50.2 Å². The third-order valence-corrected chi connectivity index (χ3v) is 5.50. The van der Waals surface area contributed by atoms with Gasteiger partial charge in [0, 0.05) is 23.9 Å². The fraction of sp³-hybridized carbons (Fsp3) is 0.273. The molecule has 0 aromatic heterocycles. The van der Waals surface area contributed by atoms with Crippen molar-refractivity contribution in [2.45, 2.75) is 18.9 Å². The zero-order valence-corrected chi connectivity index (χ0v) is 16.2. The number of amides is 2. The van der Waals surface area contributed by atoms with Crippen LogP contribution in [0.3, 0.4) is 0 Å². The summed E-state index contributed by atoms with van der Waals surface area (Å²) in [4.78, 5) is 45.7. The molecular formula is C22H22N4O3. The zero-order chi connectivity index (χ0) is 20.5. The first-order valence-electron chi connectivity index (χ1n) is 9.61. The van der Waals surface area contributed by atoms with Crippen molar-refractivity contribution in [2.24, 2.45) is 10.7 Å². The van der Waals surface area contributed by atoms with Gasteiger partial charge in [0.15, 0.2) is 5.78 Å². The molecule has 0 spiro atoms. The summed E-state index contributed by atoms with van der Waals surface area (Å²) in [6.45, 7) is 1.54. The van der Waals surface area contributed by atoms with Gasteiger partial charge in [-0.1, -0.05) is 24.3 Å². The molecule has 1 saturated heterocycles. The lowest BCUT2D eigenvalue weighted by atomic mass is 9.83. The van der Waals surface area contributed by atoms with Gasteiger partial charge in [-0.15, -0.1) is 0 Å². The first-order chi connectivity index (χ1) is 14.0. The average molecular weight is 390 g/mol. The van der Waals surface area contributed by atoms with E-state index in [9.17, 15) is 14.4 Å². The van der Waals surface area contributed by atoms with E-state index in [1.807, 2.05) is 4.90 Å². The van der Waals surface area contributed by atoms with Crippen LogP contribution in [0.25, 0.3) is 0 Å². The molecule has 29 heavy (non-hydrogen) atoms. The van der Waals surface area contributed by atoms with Gasteiger partial charge < -0.3 is 5.73 Å². The fourth-order valence-corrected chi connectivity index (χ4v) is 3.90. The van der Waals surface area contributed by atoms with Gasteiger partial charge in [0.05, 0.1) is 5.69 Å². The summed E-state index contributed by atoms with van der Waals surface area (Å²) in [6, 6.07) is 12.5. The number of fused-ring (bicyclic) bond motifs is 1. The van der Waals surface area contributed by atoms with Crippen LogP contribution in [0.4, 0.5) is 16.2 Å². The second-order valence-corrected chi connectivity index (χ2v) is 7.30. The van der Waals surface area contributed by atoms with Crippen molar-refractivity contribution in [1.29, 1.82) is 0 Å². The van der Waals surface area contributed by atoms with Gasteiger partial charge in [-0.2, -0.15) is 0 Å². The molecule has 0 saturated carbocycles. The molecule has 1 aliphatic heterocycles. The number of benzene rings is 2.